The van der Waals surface area contributed by atoms with Crippen LogP contribution in [-0.4, -0.2) is 27.9 Å². The largest absolute Gasteiger partial charge is 0.382 e. The number of nitrogens with one attached hydrogen (secondary N) is 1. The second kappa shape index (κ2) is 8.56. The highest BCUT2D eigenvalue weighted by Crippen LogP contribution is 2.54. The number of nitrogens with zero attached hydrogens (tertiary/aromatic N) is 1. The average molecular weight is 441 g/mol. The molecule has 0 aliphatic heterocycles. The molecule has 1 amide bonds. The Morgan fingerprint density at radius 3 is 2.73 bits per heavy atom. The minimum absolute atomic E-state index is 0.149. The molecule has 3 aromatic rings. The molecule has 0 saturated heterocycles. The molecule has 2 aliphatic rings. The van der Waals surface area contributed by atoms with Crippen molar-refractivity contribution in [1.29, 1.82) is 0 Å². The van der Waals surface area contributed by atoms with Gasteiger partial charge in [0.25, 0.3) is 5.91 Å². The van der Waals surface area contributed by atoms with E-state index in [1.807, 2.05) is 24.3 Å². The maximum atomic E-state index is 12.9. The number of hydrogen-bond donors (Lipinski definition) is 2. The SMILES string of the molecule is O=C[C@@]1(O)CC[C@@]2(Cc3ccccc3)c3ccc(C(=O)Nc4cccnc4)cc3CC[C@@H]2C1. The number of pyridine rings is 1. The highest BCUT2D eigenvalue weighted by atomic mass is 16.3. The van der Waals surface area contributed by atoms with Gasteiger partial charge >= 0.3 is 0 Å². The summed E-state index contributed by atoms with van der Waals surface area (Å²) in [6.07, 6.45) is 8.33. The van der Waals surface area contributed by atoms with Crippen molar-refractivity contribution in [3.05, 3.63) is 95.3 Å². The van der Waals surface area contributed by atoms with E-state index in [2.05, 4.69) is 40.6 Å². The Hall–Kier alpha value is -3.31. The number of aromatic nitrogens is 1. The fourth-order valence-electron chi connectivity index (χ4n) is 5.89. The van der Waals surface area contributed by atoms with Gasteiger partial charge in [0, 0.05) is 17.2 Å². The molecule has 1 aromatic heterocycles. The maximum absolute atomic E-state index is 12.9. The van der Waals surface area contributed by atoms with E-state index >= 15 is 0 Å². The summed E-state index contributed by atoms with van der Waals surface area (Å²) in [5.74, 6) is 0.0632. The molecule has 168 valence electrons. The molecule has 3 atom stereocenters. The van der Waals surface area contributed by atoms with Crippen LogP contribution in [-0.2, 0) is 23.1 Å². The van der Waals surface area contributed by atoms with E-state index < -0.39 is 5.60 Å². The maximum Gasteiger partial charge on any atom is 0.255 e. The molecule has 1 fully saturated rings. The van der Waals surface area contributed by atoms with E-state index in [0.29, 0.717) is 24.1 Å². The van der Waals surface area contributed by atoms with Crippen molar-refractivity contribution >= 4 is 17.9 Å². The van der Waals surface area contributed by atoms with E-state index in [1.54, 1.807) is 18.5 Å². The van der Waals surface area contributed by atoms with Gasteiger partial charge in [-0.05, 0) is 85.4 Å². The summed E-state index contributed by atoms with van der Waals surface area (Å²) < 4.78 is 0. The molecular formula is C28H28N2O3. The standard InChI is InChI=1S/C28H28N2O3/c31-19-27(33)12-13-28(16-20-5-2-1-3-6-20)23(17-27)10-8-21-15-22(9-11-25(21)28)26(32)30-24-7-4-14-29-18-24/h1-7,9,11,14-15,18-19,23,33H,8,10,12-13,16-17H2,(H,30,32)/t23-,27-,28+/m1/s1. The first kappa shape index (κ1) is 21.5. The number of aryl methyl sites for hydroxylation is 1. The number of carbonyl (C=O) groups excluding carboxylic acids is 2. The summed E-state index contributed by atoms with van der Waals surface area (Å²) in [4.78, 5) is 28.6. The third-order valence-electron chi connectivity index (χ3n) is 7.55. The zero-order valence-electron chi connectivity index (χ0n) is 18.5. The number of benzene rings is 2. The molecule has 5 heteroatoms. The topological polar surface area (TPSA) is 79.3 Å². The third-order valence-corrected chi connectivity index (χ3v) is 7.55. The van der Waals surface area contributed by atoms with Crippen LogP contribution in [0.25, 0.3) is 0 Å². The van der Waals surface area contributed by atoms with Gasteiger partial charge in [-0.25, -0.2) is 0 Å². The third kappa shape index (κ3) is 4.09. The zero-order valence-corrected chi connectivity index (χ0v) is 18.5. The lowest BCUT2D eigenvalue weighted by atomic mass is 9.52. The number of anilines is 1. The monoisotopic (exact) mass is 440 g/mol. The lowest BCUT2D eigenvalue weighted by molar-refractivity contribution is -0.132. The van der Waals surface area contributed by atoms with Gasteiger partial charge in [-0.2, -0.15) is 0 Å². The normalized spacial score (nSPS) is 26.0. The van der Waals surface area contributed by atoms with E-state index in [0.717, 1.165) is 32.0 Å². The van der Waals surface area contributed by atoms with Gasteiger partial charge in [0.15, 0.2) is 6.29 Å². The molecule has 0 unspecified atom stereocenters. The van der Waals surface area contributed by atoms with Gasteiger partial charge in [-0.3, -0.25) is 9.78 Å². The summed E-state index contributed by atoms with van der Waals surface area (Å²) in [6, 6.07) is 20.1. The molecule has 2 N–H and O–H groups in total. The van der Waals surface area contributed by atoms with Gasteiger partial charge < -0.3 is 15.2 Å². The van der Waals surface area contributed by atoms with Crippen molar-refractivity contribution in [2.75, 3.05) is 5.32 Å². The number of aldehydes is 1. The van der Waals surface area contributed by atoms with Crippen LogP contribution in [0.3, 0.4) is 0 Å². The highest BCUT2D eigenvalue weighted by molar-refractivity contribution is 6.04. The van der Waals surface area contributed by atoms with Crippen molar-refractivity contribution in [2.24, 2.45) is 5.92 Å². The predicted octanol–water partition coefficient (Wildman–Crippen LogP) is 4.49. The van der Waals surface area contributed by atoms with E-state index in [4.69, 9.17) is 0 Å². The molecular weight excluding hydrogens is 412 g/mol. The van der Waals surface area contributed by atoms with E-state index in [9.17, 15) is 14.7 Å². The van der Waals surface area contributed by atoms with Crippen molar-refractivity contribution < 1.29 is 14.7 Å². The first-order chi connectivity index (χ1) is 16.0. The quantitative estimate of drug-likeness (QED) is 0.573. The predicted molar refractivity (Wildman–Crippen MR) is 127 cm³/mol. The summed E-state index contributed by atoms with van der Waals surface area (Å²) in [6.45, 7) is 0. The second-order valence-electron chi connectivity index (χ2n) is 9.55. The van der Waals surface area contributed by atoms with Crippen molar-refractivity contribution in [2.45, 2.75) is 49.5 Å². The van der Waals surface area contributed by atoms with Crippen molar-refractivity contribution in [3.63, 3.8) is 0 Å². The fourth-order valence-corrected chi connectivity index (χ4v) is 5.89. The summed E-state index contributed by atoms with van der Waals surface area (Å²) in [5.41, 5.74) is 3.62. The van der Waals surface area contributed by atoms with Crippen LogP contribution in [0, 0.1) is 5.92 Å². The highest BCUT2D eigenvalue weighted by Gasteiger charge is 2.51. The van der Waals surface area contributed by atoms with Crippen LogP contribution in [0.5, 0.6) is 0 Å². The molecule has 5 rings (SSSR count). The van der Waals surface area contributed by atoms with Crippen LogP contribution in [0.15, 0.2) is 73.1 Å². The Kier molecular flexibility index (Phi) is 5.59. The summed E-state index contributed by atoms with van der Waals surface area (Å²) in [7, 11) is 0. The molecule has 0 bridgehead atoms. The Morgan fingerprint density at radius 1 is 1.12 bits per heavy atom. The lowest BCUT2D eigenvalue weighted by Crippen LogP contribution is -2.51. The van der Waals surface area contributed by atoms with Crippen LogP contribution < -0.4 is 5.32 Å². The molecule has 1 saturated carbocycles. The average Bonchev–Trinajstić information content (AvgIpc) is 2.85. The first-order valence-corrected chi connectivity index (χ1v) is 11.6. The molecule has 0 spiro atoms. The fraction of sp³-hybridized carbons (Fsp3) is 0.321. The molecule has 1 heterocycles. The van der Waals surface area contributed by atoms with Gasteiger partial charge in [-0.15, -0.1) is 0 Å². The number of carbonyl (C=O) groups is 2. The number of rotatable bonds is 5. The van der Waals surface area contributed by atoms with Crippen molar-refractivity contribution in [1.82, 2.24) is 4.98 Å². The van der Waals surface area contributed by atoms with Crippen LogP contribution in [0.2, 0.25) is 0 Å². The minimum Gasteiger partial charge on any atom is -0.382 e. The van der Waals surface area contributed by atoms with E-state index in [-0.39, 0.29) is 17.2 Å². The number of fused-ring (bicyclic) bond motifs is 3. The Bertz CT molecular complexity index is 1160. The molecule has 0 radical (unpaired) electrons. The Labute approximate surface area is 193 Å². The molecule has 2 aliphatic carbocycles. The number of amides is 1. The summed E-state index contributed by atoms with van der Waals surface area (Å²) in [5, 5.41) is 13.7. The van der Waals surface area contributed by atoms with Crippen LogP contribution >= 0.6 is 0 Å². The van der Waals surface area contributed by atoms with Gasteiger partial charge in [0.1, 0.15) is 5.60 Å². The molecule has 33 heavy (non-hydrogen) atoms. The Morgan fingerprint density at radius 2 is 1.97 bits per heavy atom. The Balaban J connectivity index is 1.50. The molecule has 5 nitrogen and oxygen atoms in total. The zero-order chi connectivity index (χ0) is 22.9. The lowest BCUT2D eigenvalue weighted by Gasteiger charge is -2.52. The van der Waals surface area contributed by atoms with Gasteiger partial charge in [0.05, 0.1) is 11.9 Å². The van der Waals surface area contributed by atoms with Crippen LogP contribution in [0.4, 0.5) is 5.69 Å². The van der Waals surface area contributed by atoms with Gasteiger partial charge in [0.2, 0.25) is 0 Å². The van der Waals surface area contributed by atoms with E-state index in [1.165, 1.54) is 16.7 Å². The summed E-state index contributed by atoms with van der Waals surface area (Å²) >= 11 is 0. The molecule has 2 aromatic carbocycles. The smallest absolute Gasteiger partial charge is 0.255 e. The minimum atomic E-state index is -1.23. The second-order valence-corrected chi connectivity index (χ2v) is 9.55. The number of hydrogen-bond acceptors (Lipinski definition) is 4. The number of aliphatic hydroxyl groups is 1. The van der Waals surface area contributed by atoms with Crippen LogP contribution in [0.1, 0.15) is 52.7 Å². The van der Waals surface area contributed by atoms with Crippen molar-refractivity contribution in [3.8, 4) is 0 Å². The first-order valence-electron chi connectivity index (χ1n) is 11.6. The van der Waals surface area contributed by atoms with Gasteiger partial charge in [-0.1, -0.05) is 36.4 Å².